The summed E-state index contributed by atoms with van der Waals surface area (Å²) < 4.78 is 12.6. The van der Waals surface area contributed by atoms with Crippen LogP contribution in [0.5, 0.6) is 0 Å². The van der Waals surface area contributed by atoms with E-state index in [-0.39, 0.29) is 5.69 Å². The van der Waals surface area contributed by atoms with Crippen molar-refractivity contribution in [2.45, 2.75) is 0 Å². The summed E-state index contributed by atoms with van der Waals surface area (Å²) in [5, 5.41) is 32.7. The summed E-state index contributed by atoms with van der Waals surface area (Å²) in [5.41, 5.74) is -0.560. The first-order valence-electron chi connectivity index (χ1n) is 4.53. The highest BCUT2D eigenvalue weighted by Crippen LogP contribution is 2.15. The highest BCUT2D eigenvalue weighted by molar-refractivity contribution is 6.07. The van der Waals surface area contributed by atoms with Crippen molar-refractivity contribution in [3.8, 4) is 12.1 Å². The second kappa shape index (κ2) is 5.87. The molecule has 0 heterocycles. The van der Waals surface area contributed by atoms with Gasteiger partial charge in [0.2, 0.25) is 5.76 Å². The number of nitriles is 2. The summed E-state index contributed by atoms with van der Waals surface area (Å²) in [5.74, 6) is -2.68. The van der Waals surface area contributed by atoms with E-state index in [2.05, 4.69) is 10.2 Å². The van der Waals surface area contributed by atoms with Crippen LogP contribution in [0.2, 0.25) is 0 Å². The zero-order valence-corrected chi connectivity index (χ0v) is 8.83. The van der Waals surface area contributed by atoms with Gasteiger partial charge < -0.3 is 5.11 Å². The summed E-state index contributed by atoms with van der Waals surface area (Å²) in [6.45, 7) is 0. The Morgan fingerprint density at radius 1 is 1.22 bits per heavy atom. The van der Waals surface area contributed by atoms with Crippen LogP contribution in [0.3, 0.4) is 0 Å². The van der Waals surface area contributed by atoms with Gasteiger partial charge in [-0.2, -0.15) is 15.6 Å². The third kappa shape index (κ3) is 3.22. The Morgan fingerprint density at radius 3 is 2.33 bits per heavy atom. The quantitative estimate of drug-likeness (QED) is 0.219. The number of aliphatic hydroxyl groups excluding tert-OH is 1. The van der Waals surface area contributed by atoms with Gasteiger partial charge in [-0.1, -0.05) is 0 Å². The Balaban J connectivity index is 3.07. The average molecular weight is 244 g/mol. The first kappa shape index (κ1) is 13.0. The summed E-state index contributed by atoms with van der Waals surface area (Å²) in [7, 11) is 0. The molecule has 0 aromatic heterocycles. The molecule has 88 valence electrons. The fraction of sp³-hybridized carbons (Fsp3) is 0. The first-order valence-corrected chi connectivity index (χ1v) is 4.53. The number of halogens is 1. The first-order chi connectivity index (χ1) is 8.58. The highest BCUT2D eigenvalue weighted by Gasteiger charge is 2.14. The van der Waals surface area contributed by atoms with Gasteiger partial charge in [0.15, 0.2) is 5.70 Å². The zero-order chi connectivity index (χ0) is 13.5. The molecule has 0 amide bonds. The molecular formula is C11H5FN4O2. The number of carbonyl (C=O) groups is 1. The van der Waals surface area contributed by atoms with Gasteiger partial charge in [-0.05, 0) is 24.3 Å². The van der Waals surface area contributed by atoms with Gasteiger partial charge in [0.25, 0.3) is 5.78 Å². The second-order valence-electron chi connectivity index (χ2n) is 2.93. The van der Waals surface area contributed by atoms with Crippen LogP contribution in [0.25, 0.3) is 0 Å². The molecule has 1 aromatic carbocycles. The smallest absolute Gasteiger partial charge is 0.286 e. The van der Waals surface area contributed by atoms with Crippen LogP contribution in [-0.2, 0) is 4.79 Å². The van der Waals surface area contributed by atoms with E-state index >= 15 is 0 Å². The molecular weight excluding hydrogens is 239 g/mol. The molecule has 1 aromatic rings. The molecule has 0 saturated carbocycles. The van der Waals surface area contributed by atoms with Crippen molar-refractivity contribution in [3.05, 3.63) is 41.5 Å². The van der Waals surface area contributed by atoms with E-state index in [4.69, 9.17) is 15.6 Å². The molecule has 1 rings (SSSR count). The molecule has 0 bridgehead atoms. The lowest BCUT2D eigenvalue weighted by atomic mass is 10.3. The Bertz CT molecular complexity index is 605. The number of azo groups is 1. The molecule has 0 unspecified atom stereocenters. The number of rotatable bonds is 3. The third-order valence-corrected chi connectivity index (χ3v) is 1.74. The predicted octanol–water partition coefficient (Wildman–Crippen LogP) is 2.30. The van der Waals surface area contributed by atoms with Gasteiger partial charge in [-0.3, -0.25) is 4.79 Å². The number of Topliss-reactive ketones (excluding diaryl/α,β-unsaturated/α-hetero) is 1. The predicted molar refractivity (Wildman–Crippen MR) is 56.8 cm³/mol. The number of hydrogen-bond donors (Lipinski definition) is 1. The molecule has 0 spiro atoms. The molecule has 0 aliphatic rings. The van der Waals surface area contributed by atoms with E-state index < -0.39 is 23.1 Å². The minimum absolute atomic E-state index is 0.199. The topological polar surface area (TPSA) is 110 Å². The monoisotopic (exact) mass is 244 g/mol. The number of benzene rings is 1. The van der Waals surface area contributed by atoms with Crippen LogP contribution in [0.1, 0.15) is 0 Å². The molecule has 0 aliphatic heterocycles. The van der Waals surface area contributed by atoms with Crippen molar-refractivity contribution < 1.29 is 14.3 Å². The van der Waals surface area contributed by atoms with E-state index in [1.807, 2.05) is 0 Å². The number of nitrogens with zero attached hydrogens (tertiary/aromatic N) is 4. The Hall–Kier alpha value is -3.06. The van der Waals surface area contributed by atoms with E-state index in [1.165, 1.54) is 24.3 Å². The Morgan fingerprint density at radius 2 is 1.83 bits per heavy atom. The fourth-order valence-electron chi connectivity index (χ4n) is 0.922. The minimum atomic E-state index is -1.19. The SMILES string of the molecule is N#CC(=O)/C(N=Nc1ccc(F)cc1)=C(/O)C#N. The highest BCUT2D eigenvalue weighted by atomic mass is 19.1. The van der Waals surface area contributed by atoms with Crippen LogP contribution < -0.4 is 0 Å². The van der Waals surface area contributed by atoms with Crippen molar-refractivity contribution in [1.82, 2.24) is 0 Å². The second-order valence-corrected chi connectivity index (χ2v) is 2.93. The average Bonchev–Trinajstić information content (AvgIpc) is 2.40. The van der Waals surface area contributed by atoms with Crippen molar-refractivity contribution in [3.63, 3.8) is 0 Å². The van der Waals surface area contributed by atoms with Crippen LogP contribution >= 0.6 is 0 Å². The van der Waals surface area contributed by atoms with Crippen LogP contribution in [0.4, 0.5) is 10.1 Å². The molecule has 7 heteroatoms. The molecule has 1 N–H and O–H groups in total. The van der Waals surface area contributed by atoms with Crippen LogP contribution in [0.15, 0.2) is 46.0 Å². The van der Waals surface area contributed by atoms with Crippen LogP contribution in [0, 0.1) is 28.5 Å². The van der Waals surface area contributed by atoms with Crippen molar-refractivity contribution in [2.75, 3.05) is 0 Å². The van der Waals surface area contributed by atoms with E-state index in [0.29, 0.717) is 0 Å². The molecule has 0 fully saturated rings. The van der Waals surface area contributed by atoms with Gasteiger partial charge in [-0.15, -0.1) is 5.11 Å². The lowest BCUT2D eigenvalue weighted by Gasteiger charge is -1.94. The van der Waals surface area contributed by atoms with E-state index in [0.717, 1.165) is 12.1 Å². The van der Waals surface area contributed by atoms with Crippen molar-refractivity contribution >= 4 is 11.5 Å². The fourth-order valence-corrected chi connectivity index (χ4v) is 0.922. The molecule has 6 nitrogen and oxygen atoms in total. The minimum Gasteiger partial charge on any atom is -0.498 e. The van der Waals surface area contributed by atoms with E-state index in [1.54, 1.807) is 0 Å². The summed E-state index contributed by atoms with van der Waals surface area (Å²) in [4.78, 5) is 11.0. The molecule has 0 atom stereocenters. The summed E-state index contributed by atoms with van der Waals surface area (Å²) >= 11 is 0. The number of aliphatic hydroxyl groups is 1. The molecule has 18 heavy (non-hydrogen) atoms. The maximum absolute atomic E-state index is 12.6. The van der Waals surface area contributed by atoms with Gasteiger partial charge in [0.1, 0.15) is 18.0 Å². The lowest BCUT2D eigenvalue weighted by molar-refractivity contribution is -0.110. The number of hydrogen-bond acceptors (Lipinski definition) is 6. The van der Waals surface area contributed by atoms with Gasteiger partial charge in [0.05, 0.1) is 5.69 Å². The van der Waals surface area contributed by atoms with Gasteiger partial charge >= 0.3 is 0 Å². The molecule has 0 radical (unpaired) electrons. The standard InChI is InChI=1S/C11H5FN4O2/c12-7-1-3-8(4-2-7)15-16-11(9(17)5-13)10(18)6-14/h1-4,17H/b11-9-,16-15?. The Labute approximate surface area is 101 Å². The van der Waals surface area contributed by atoms with Gasteiger partial charge in [-0.25, -0.2) is 4.39 Å². The molecule has 0 saturated heterocycles. The molecule has 0 aliphatic carbocycles. The van der Waals surface area contributed by atoms with Crippen molar-refractivity contribution in [2.24, 2.45) is 10.2 Å². The third-order valence-electron chi connectivity index (χ3n) is 1.74. The summed E-state index contributed by atoms with van der Waals surface area (Å²) in [6.07, 6.45) is 0. The van der Waals surface area contributed by atoms with E-state index in [9.17, 15) is 9.18 Å². The van der Waals surface area contributed by atoms with Crippen LogP contribution in [-0.4, -0.2) is 10.9 Å². The zero-order valence-electron chi connectivity index (χ0n) is 8.83. The normalized spacial score (nSPS) is 11.5. The van der Waals surface area contributed by atoms with Gasteiger partial charge in [0, 0.05) is 0 Å². The summed E-state index contributed by atoms with van der Waals surface area (Å²) in [6, 6.07) is 7.27. The number of carbonyl (C=O) groups excluding carboxylic acids is 1. The maximum atomic E-state index is 12.6. The maximum Gasteiger partial charge on any atom is 0.286 e. The number of ketones is 1. The number of allylic oxidation sites excluding steroid dienone is 2. The Kier molecular flexibility index (Phi) is 4.24. The largest absolute Gasteiger partial charge is 0.498 e. The lowest BCUT2D eigenvalue weighted by Crippen LogP contribution is -1.99. The van der Waals surface area contributed by atoms with Crippen molar-refractivity contribution in [1.29, 1.82) is 10.5 Å².